The highest BCUT2D eigenvalue weighted by atomic mass is 79.9. The minimum absolute atomic E-state index is 0.428. The lowest BCUT2D eigenvalue weighted by atomic mass is 10.2. The van der Waals surface area contributed by atoms with Gasteiger partial charge in [-0.2, -0.15) is 0 Å². The molecule has 0 aliphatic heterocycles. The lowest BCUT2D eigenvalue weighted by Gasteiger charge is -2.00. The molecule has 0 radical (unpaired) electrons. The standard InChI is InChI=1S/C15H11BrN6O2S/c16-10-5-3-9(4-6-10)14-20-18-12(24-14)8-25-15-21-19-13(22(15)17)11-2-1-7-23-11/h1-7H,8,17H2. The topological polar surface area (TPSA) is 109 Å². The molecule has 3 aromatic heterocycles. The second-order valence-corrected chi connectivity index (χ2v) is 6.81. The van der Waals surface area contributed by atoms with Crippen molar-refractivity contribution >= 4 is 27.7 Å². The summed E-state index contributed by atoms with van der Waals surface area (Å²) in [7, 11) is 0. The van der Waals surface area contributed by atoms with Crippen molar-refractivity contribution in [3.05, 3.63) is 53.0 Å². The molecule has 0 spiro atoms. The number of furan rings is 1. The van der Waals surface area contributed by atoms with Crippen LogP contribution in [-0.4, -0.2) is 25.1 Å². The van der Waals surface area contributed by atoms with Gasteiger partial charge >= 0.3 is 0 Å². The predicted molar refractivity (Wildman–Crippen MR) is 94.9 cm³/mol. The molecule has 0 unspecified atom stereocenters. The summed E-state index contributed by atoms with van der Waals surface area (Å²) in [4.78, 5) is 0. The molecule has 1 aromatic carbocycles. The van der Waals surface area contributed by atoms with Crippen molar-refractivity contribution in [3.63, 3.8) is 0 Å². The summed E-state index contributed by atoms with van der Waals surface area (Å²) in [5.41, 5.74) is 0.856. The summed E-state index contributed by atoms with van der Waals surface area (Å²) in [6.07, 6.45) is 1.55. The third-order valence-electron chi connectivity index (χ3n) is 3.29. The monoisotopic (exact) mass is 418 g/mol. The third kappa shape index (κ3) is 3.30. The van der Waals surface area contributed by atoms with E-state index in [1.807, 2.05) is 24.3 Å². The minimum Gasteiger partial charge on any atom is -0.461 e. The first-order chi connectivity index (χ1) is 12.2. The van der Waals surface area contributed by atoms with E-state index in [-0.39, 0.29) is 0 Å². The van der Waals surface area contributed by atoms with Crippen LogP contribution in [0.1, 0.15) is 5.89 Å². The quantitative estimate of drug-likeness (QED) is 0.388. The Bertz CT molecular complexity index is 980. The molecular weight excluding hydrogens is 408 g/mol. The van der Waals surface area contributed by atoms with Gasteiger partial charge in [-0.15, -0.1) is 20.4 Å². The number of nitrogens with zero attached hydrogens (tertiary/aromatic N) is 5. The number of nitrogen functional groups attached to an aromatic ring is 1. The molecule has 3 heterocycles. The Labute approximate surface area is 154 Å². The molecule has 0 fully saturated rings. The van der Waals surface area contributed by atoms with Crippen LogP contribution in [0.3, 0.4) is 0 Å². The number of halogens is 1. The van der Waals surface area contributed by atoms with Crippen molar-refractivity contribution in [1.82, 2.24) is 25.1 Å². The Morgan fingerprint density at radius 3 is 2.68 bits per heavy atom. The molecule has 0 amide bonds. The molecule has 25 heavy (non-hydrogen) atoms. The van der Waals surface area contributed by atoms with Crippen LogP contribution in [0.25, 0.3) is 23.0 Å². The summed E-state index contributed by atoms with van der Waals surface area (Å²) in [5, 5.41) is 16.7. The number of nitrogens with two attached hydrogens (primary N) is 1. The zero-order valence-electron chi connectivity index (χ0n) is 12.7. The summed E-state index contributed by atoms with van der Waals surface area (Å²) < 4.78 is 13.3. The van der Waals surface area contributed by atoms with Crippen molar-refractivity contribution in [3.8, 4) is 23.0 Å². The molecule has 126 valence electrons. The molecule has 4 rings (SSSR count). The summed E-state index contributed by atoms with van der Waals surface area (Å²) in [6, 6.07) is 11.2. The maximum absolute atomic E-state index is 6.01. The molecular formula is C15H11BrN6O2S. The highest BCUT2D eigenvalue weighted by Gasteiger charge is 2.16. The van der Waals surface area contributed by atoms with Crippen LogP contribution < -0.4 is 5.84 Å². The van der Waals surface area contributed by atoms with Crippen LogP contribution in [0.15, 0.2) is 61.1 Å². The molecule has 0 aliphatic rings. The van der Waals surface area contributed by atoms with Gasteiger partial charge in [0.25, 0.3) is 0 Å². The van der Waals surface area contributed by atoms with E-state index in [0.29, 0.717) is 34.3 Å². The van der Waals surface area contributed by atoms with Gasteiger partial charge in [0.1, 0.15) is 0 Å². The van der Waals surface area contributed by atoms with Crippen LogP contribution in [0.2, 0.25) is 0 Å². The van der Waals surface area contributed by atoms with Crippen molar-refractivity contribution in [2.45, 2.75) is 10.9 Å². The van der Waals surface area contributed by atoms with E-state index >= 15 is 0 Å². The maximum Gasteiger partial charge on any atom is 0.247 e. The van der Waals surface area contributed by atoms with Gasteiger partial charge < -0.3 is 14.7 Å². The Kier molecular flexibility index (Phi) is 4.28. The number of thioether (sulfide) groups is 1. The fourth-order valence-corrected chi connectivity index (χ4v) is 3.05. The molecule has 4 aromatic rings. The van der Waals surface area contributed by atoms with Gasteiger partial charge in [0, 0.05) is 10.0 Å². The summed E-state index contributed by atoms with van der Waals surface area (Å²) >= 11 is 4.74. The predicted octanol–water partition coefficient (Wildman–Crippen LogP) is 3.36. The van der Waals surface area contributed by atoms with Gasteiger partial charge in [-0.1, -0.05) is 27.7 Å². The highest BCUT2D eigenvalue weighted by Crippen LogP contribution is 2.26. The van der Waals surface area contributed by atoms with Crippen molar-refractivity contribution < 1.29 is 8.83 Å². The van der Waals surface area contributed by atoms with Gasteiger partial charge in [-0.05, 0) is 36.4 Å². The first kappa shape index (κ1) is 15.9. The molecule has 8 nitrogen and oxygen atoms in total. The second kappa shape index (κ2) is 6.73. The van der Waals surface area contributed by atoms with Gasteiger partial charge in [-0.25, -0.2) is 4.68 Å². The van der Waals surface area contributed by atoms with Crippen molar-refractivity contribution in [2.75, 3.05) is 5.84 Å². The van der Waals surface area contributed by atoms with Gasteiger partial charge in [-0.3, -0.25) is 0 Å². The first-order valence-electron chi connectivity index (χ1n) is 7.16. The van der Waals surface area contributed by atoms with E-state index < -0.39 is 0 Å². The minimum atomic E-state index is 0.428. The van der Waals surface area contributed by atoms with E-state index in [4.69, 9.17) is 14.7 Å². The van der Waals surface area contributed by atoms with E-state index in [1.165, 1.54) is 16.4 Å². The molecule has 0 aliphatic carbocycles. The third-order valence-corrected chi connectivity index (χ3v) is 4.75. The second-order valence-electron chi connectivity index (χ2n) is 4.95. The van der Waals surface area contributed by atoms with E-state index in [9.17, 15) is 0 Å². The van der Waals surface area contributed by atoms with Crippen molar-refractivity contribution in [1.29, 1.82) is 0 Å². The molecule has 0 saturated carbocycles. The van der Waals surface area contributed by atoms with Crippen LogP contribution in [-0.2, 0) is 5.75 Å². The Balaban J connectivity index is 1.46. The Hall–Kier alpha value is -2.59. The Morgan fingerprint density at radius 1 is 1.08 bits per heavy atom. The summed E-state index contributed by atoms with van der Waals surface area (Å²) in [6.45, 7) is 0. The normalized spacial score (nSPS) is 11.1. The SMILES string of the molecule is Nn1c(SCc2nnc(-c3ccc(Br)cc3)o2)nnc1-c1ccco1. The van der Waals surface area contributed by atoms with Crippen molar-refractivity contribution in [2.24, 2.45) is 0 Å². The van der Waals surface area contributed by atoms with Gasteiger partial charge in [0.15, 0.2) is 5.76 Å². The molecule has 0 atom stereocenters. The Morgan fingerprint density at radius 2 is 1.92 bits per heavy atom. The number of hydrogen-bond donors (Lipinski definition) is 1. The number of aromatic nitrogens is 5. The largest absolute Gasteiger partial charge is 0.461 e. The van der Waals surface area contributed by atoms with Crippen LogP contribution in [0.5, 0.6) is 0 Å². The molecule has 10 heteroatoms. The molecule has 2 N–H and O–H groups in total. The first-order valence-corrected chi connectivity index (χ1v) is 8.94. The molecule has 0 saturated heterocycles. The van der Waals surface area contributed by atoms with Crippen LogP contribution in [0, 0.1) is 0 Å². The van der Waals surface area contributed by atoms with Crippen LogP contribution in [0.4, 0.5) is 0 Å². The van der Waals surface area contributed by atoms with E-state index in [1.54, 1.807) is 18.4 Å². The number of rotatable bonds is 5. The summed E-state index contributed by atoms with van der Waals surface area (Å²) in [5.74, 6) is 8.39. The average molecular weight is 419 g/mol. The molecule has 0 bridgehead atoms. The highest BCUT2D eigenvalue weighted by molar-refractivity contribution is 9.10. The van der Waals surface area contributed by atoms with Gasteiger partial charge in [0.05, 0.1) is 12.0 Å². The smallest absolute Gasteiger partial charge is 0.247 e. The zero-order chi connectivity index (χ0) is 17.2. The average Bonchev–Trinajstić information content (AvgIpc) is 3.34. The number of benzene rings is 1. The fourth-order valence-electron chi connectivity index (χ4n) is 2.10. The number of hydrogen-bond acceptors (Lipinski definition) is 8. The maximum atomic E-state index is 6.01. The van der Waals surface area contributed by atoms with Crippen LogP contribution >= 0.6 is 27.7 Å². The zero-order valence-corrected chi connectivity index (χ0v) is 15.1. The van der Waals surface area contributed by atoms with E-state index in [0.717, 1.165) is 10.0 Å². The van der Waals surface area contributed by atoms with Gasteiger partial charge in [0.2, 0.25) is 22.8 Å². The van der Waals surface area contributed by atoms with E-state index in [2.05, 4.69) is 36.3 Å². The lowest BCUT2D eigenvalue weighted by molar-refractivity contribution is 0.528. The fraction of sp³-hybridized carbons (Fsp3) is 0.0667. The lowest BCUT2D eigenvalue weighted by Crippen LogP contribution is -2.11.